The second kappa shape index (κ2) is 6.59. The van der Waals surface area contributed by atoms with Crippen molar-refractivity contribution in [3.63, 3.8) is 0 Å². The number of piperidine rings is 1. The Morgan fingerprint density at radius 2 is 1.48 bits per heavy atom. The van der Waals surface area contributed by atoms with Crippen LogP contribution < -0.4 is 0 Å². The summed E-state index contributed by atoms with van der Waals surface area (Å²) in [5.74, 6) is 0.0127. The van der Waals surface area contributed by atoms with Crippen LogP contribution in [0.25, 0.3) is 11.1 Å². The first-order valence-electron chi connectivity index (χ1n) is 11.3. The molecular weight excluding hydrogens is 390 g/mol. The largest absolute Gasteiger partial charge is 0.481 e. The highest BCUT2D eigenvalue weighted by atomic mass is 16.6. The highest BCUT2D eigenvalue weighted by molar-refractivity contribution is 5.80. The van der Waals surface area contributed by atoms with Gasteiger partial charge in [-0.3, -0.25) is 4.79 Å². The van der Waals surface area contributed by atoms with Gasteiger partial charge in [-0.05, 0) is 65.7 Å². The van der Waals surface area contributed by atoms with E-state index in [1.165, 1.54) is 22.3 Å². The molecule has 3 saturated carbocycles. The number of benzene rings is 2. The molecule has 1 aliphatic heterocycles. The summed E-state index contributed by atoms with van der Waals surface area (Å²) in [4.78, 5) is 26.0. The first kappa shape index (κ1) is 18.9. The SMILES string of the molecule is O=C(OCC1c2ccccc2-c2ccccc21)N1CCC(C23CC(C(=O)O)(C2)C3)CC1. The standard InChI is InChI=1S/C26H27NO4/c28-23(29)26-14-25(15-26,16-26)17-9-11-27(12-10-17)24(30)31-13-22-20-7-3-1-5-18(20)19-6-2-4-8-21(19)22/h1-8,17,22H,9-16H2,(H,28,29). The minimum Gasteiger partial charge on any atom is -0.481 e. The van der Waals surface area contributed by atoms with Gasteiger partial charge in [-0.2, -0.15) is 0 Å². The van der Waals surface area contributed by atoms with Gasteiger partial charge in [-0.25, -0.2) is 4.79 Å². The van der Waals surface area contributed by atoms with E-state index in [9.17, 15) is 14.7 Å². The van der Waals surface area contributed by atoms with Gasteiger partial charge < -0.3 is 14.7 Å². The number of likely N-dealkylation sites (tertiary alicyclic amines) is 1. The predicted molar refractivity (Wildman–Crippen MR) is 116 cm³/mol. The Hall–Kier alpha value is -2.82. The van der Waals surface area contributed by atoms with Crippen LogP contribution in [0.3, 0.4) is 0 Å². The van der Waals surface area contributed by atoms with E-state index in [1.54, 1.807) is 0 Å². The average molecular weight is 418 g/mol. The Bertz CT molecular complexity index is 1000. The number of carbonyl (C=O) groups is 2. The number of carbonyl (C=O) groups excluding carboxylic acids is 1. The zero-order valence-electron chi connectivity index (χ0n) is 17.5. The third-order valence-corrected chi connectivity index (χ3v) is 8.48. The lowest BCUT2D eigenvalue weighted by Crippen LogP contribution is -2.68. The van der Waals surface area contributed by atoms with Crippen LogP contribution in [0.1, 0.15) is 49.1 Å². The van der Waals surface area contributed by atoms with E-state index < -0.39 is 11.4 Å². The minimum absolute atomic E-state index is 0.0851. The molecule has 1 amide bonds. The number of hydrogen-bond acceptors (Lipinski definition) is 3. The maximum atomic E-state index is 12.8. The van der Waals surface area contributed by atoms with Crippen molar-refractivity contribution in [1.82, 2.24) is 4.90 Å². The molecular formula is C26H27NO4. The zero-order chi connectivity index (χ0) is 21.2. The number of hydrogen-bond donors (Lipinski definition) is 1. The molecule has 1 N–H and O–H groups in total. The number of aliphatic carboxylic acids is 1. The molecule has 160 valence electrons. The lowest BCUT2D eigenvalue weighted by atomic mass is 9.31. The molecule has 0 aromatic heterocycles. The van der Waals surface area contributed by atoms with E-state index >= 15 is 0 Å². The van der Waals surface area contributed by atoms with Crippen LogP contribution >= 0.6 is 0 Å². The van der Waals surface area contributed by atoms with Crippen molar-refractivity contribution < 1.29 is 19.4 Å². The number of rotatable bonds is 4. The van der Waals surface area contributed by atoms with Gasteiger partial charge in [-0.1, -0.05) is 48.5 Å². The number of amides is 1. The minimum atomic E-state index is -0.620. The highest BCUT2D eigenvalue weighted by Gasteiger charge is 2.73. The fourth-order valence-corrected chi connectivity index (χ4v) is 6.89. The number of ether oxygens (including phenoxy) is 1. The van der Waals surface area contributed by atoms with Crippen molar-refractivity contribution in [2.24, 2.45) is 16.7 Å². The molecule has 5 nitrogen and oxygen atoms in total. The lowest BCUT2D eigenvalue weighted by molar-refractivity contribution is -0.247. The van der Waals surface area contributed by atoms with Gasteiger partial charge >= 0.3 is 12.1 Å². The van der Waals surface area contributed by atoms with Gasteiger partial charge in [0.2, 0.25) is 0 Å². The van der Waals surface area contributed by atoms with Crippen LogP contribution in [0.4, 0.5) is 4.79 Å². The summed E-state index contributed by atoms with van der Waals surface area (Å²) in [5.41, 5.74) is 4.75. The molecule has 1 saturated heterocycles. The van der Waals surface area contributed by atoms with Gasteiger partial charge in [0.1, 0.15) is 6.61 Å². The molecule has 31 heavy (non-hydrogen) atoms. The molecule has 5 heteroatoms. The van der Waals surface area contributed by atoms with E-state index in [0.717, 1.165) is 32.1 Å². The molecule has 4 aliphatic carbocycles. The zero-order valence-corrected chi connectivity index (χ0v) is 17.5. The normalized spacial score (nSPS) is 28.8. The van der Waals surface area contributed by atoms with Gasteiger partial charge in [0.05, 0.1) is 5.41 Å². The van der Waals surface area contributed by atoms with Crippen LogP contribution in [0.15, 0.2) is 48.5 Å². The number of fused-ring (bicyclic) bond motifs is 3. The smallest absolute Gasteiger partial charge is 0.409 e. The Kier molecular flexibility index (Phi) is 4.02. The topological polar surface area (TPSA) is 66.8 Å². The average Bonchev–Trinajstić information content (AvgIpc) is 3.04. The van der Waals surface area contributed by atoms with E-state index in [2.05, 4.69) is 36.4 Å². The number of nitrogens with zero attached hydrogens (tertiary/aromatic N) is 1. The third-order valence-electron chi connectivity index (χ3n) is 8.48. The van der Waals surface area contributed by atoms with Gasteiger partial charge in [0.25, 0.3) is 0 Å². The fourth-order valence-electron chi connectivity index (χ4n) is 6.89. The maximum Gasteiger partial charge on any atom is 0.409 e. The van der Waals surface area contributed by atoms with Crippen molar-refractivity contribution in [1.29, 1.82) is 0 Å². The second-order valence-corrected chi connectivity index (χ2v) is 10.0. The molecule has 2 aromatic rings. The summed E-state index contributed by atoms with van der Waals surface area (Å²) in [6, 6.07) is 16.7. The van der Waals surface area contributed by atoms with Crippen LogP contribution in [-0.4, -0.2) is 41.8 Å². The van der Waals surface area contributed by atoms with Crippen molar-refractivity contribution in [3.8, 4) is 11.1 Å². The predicted octanol–water partition coefficient (Wildman–Crippen LogP) is 4.90. The van der Waals surface area contributed by atoms with E-state index in [-0.39, 0.29) is 17.4 Å². The van der Waals surface area contributed by atoms with E-state index in [4.69, 9.17) is 4.74 Å². The second-order valence-electron chi connectivity index (χ2n) is 10.0. The Morgan fingerprint density at radius 3 is 2.03 bits per heavy atom. The van der Waals surface area contributed by atoms with Crippen LogP contribution in [0.2, 0.25) is 0 Å². The summed E-state index contributed by atoms with van der Waals surface area (Å²) in [6.07, 6.45) is 4.21. The molecule has 0 atom stereocenters. The molecule has 2 bridgehead atoms. The monoisotopic (exact) mass is 417 g/mol. The van der Waals surface area contributed by atoms with Crippen LogP contribution in [0.5, 0.6) is 0 Å². The van der Waals surface area contributed by atoms with Crippen LogP contribution in [-0.2, 0) is 9.53 Å². The highest BCUT2D eigenvalue weighted by Crippen LogP contribution is 2.77. The van der Waals surface area contributed by atoms with Crippen molar-refractivity contribution in [2.45, 2.75) is 38.0 Å². The van der Waals surface area contributed by atoms with Gasteiger partial charge in [0.15, 0.2) is 0 Å². The lowest BCUT2D eigenvalue weighted by Gasteiger charge is -2.71. The number of carboxylic acids is 1. The van der Waals surface area contributed by atoms with Gasteiger partial charge in [0, 0.05) is 19.0 Å². The molecule has 4 fully saturated rings. The van der Waals surface area contributed by atoms with E-state index in [0.29, 0.717) is 25.6 Å². The molecule has 7 rings (SSSR count). The van der Waals surface area contributed by atoms with Crippen molar-refractivity contribution in [3.05, 3.63) is 59.7 Å². The van der Waals surface area contributed by atoms with E-state index in [1.807, 2.05) is 17.0 Å². The van der Waals surface area contributed by atoms with Crippen LogP contribution in [0, 0.1) is 16.7 Å². The van der Waals surface area contributed by atoms with Crippen molar-refractivity contribution in [2.75, 3.05) is 19.7 Å². The first-order chi connectivity index (χ1) is 15.0. The van der Waals surface area contributed by atoms with Crippen molar-refractivity contribution >= 4 is 12.1 Å². The summed E-state index contributed by atoms with van der Waals surface area (Å²) in [7, 11) is 0. The Morgan fingerprint density at radius 1 is 0.935 bits per heavy atom. The Labute approximate surface area is 182 Å². The third kappa shape index (κ3) is 2.68. The summed E-state index contributed by atoms with van der Waals surface area (Å²) in [5, 5.41) is 9.36. The fraction of sp³-hybridized carbons (Fsp3) is 0.462. The molecule has 1 heterocycles. The quantitative estimate of drug-likeness (QED) is 0.768. The molecule has 0 unspecified atom stereocenters. The molecule has 0 spiro atoms. The molecule has 0 radical (unpaired) electrons. The summed E-state index contributed by atoms with van der Waals surface area (Å²) < 4.78 is 5.81. The van der Waals surface area contributed by atoms with Gasteiger partial charge in [-0.15, -0.1) is 0 Å². The Balaban J connectivity index is 1.06. The molecule has 2 aromatic carbocycles. The molecule has 5 aliphatic rings. The summed E-state index contributed by atoms with van der Waals surface area (Å²) >= 11 is 0. The number of carboxylic acid groups (broad SMARTS) is 1. The first-order valence-corrected chi connectivity index (χ1v) is 11.3. The maximum absolute atomic E-state index is 12.8. The summed E-state index contributed by atoms with van der Waals surface area (Å²) in [6.45, 7) is 1.78.